The van der Waals surface area contributed by atoms with Crippen molar-refractivity contribution >= 4 is 0 Å². The maximum atomic E-state index is 4.44. The van der Waals surface area contributed by atoms with Crippen molar-refractivity contribution in [2.75, 3.05) is 0 Å². The second kappa shape index (κ2) is 4.67. The summed E-state index contributed by atoms with van der Waals surface area (Å²) in [6.07, 6.45) is 8.30. The smallest absolute Gasteiger partial charge is 0.180 e. The largest absolute Gasteiger partial charge is 0.261 e. The van der Waals surface area contributed by atoms with E-state index in [1.165, 1.54) is 0 Å². The van der Waals surface area contributed by atoms with Gasteiger partial charge in [-0.2, -0.15) is 0 Å². The molecule has 0 unspecified atom stereocenters. The Kier molecular flexibility index (Phi) is 2.71. The van der Waals surface area contributed by atoms with Crippen LogP contribution in [0.25, 0.3) is 22.9 Å². The summed E-state index contributed by atoms with van der Waals surface area (Å²) >= 11 is 0. The van der Waals surface area contributed by atoms with Gasteiger partial charge in [0.15, 0.2) is 5.82 Å². The zero-order valence-electron chi connectivity index (χ0n) is 9.43. The van der Waals surface area contributed by atoms with Crippen LogP contribution in [0.4, 0.5) is 0 Å². The molecule has 0 saturated carbocycles. The summed E-state index contributed by atoms with van der Waals surface area (Å²) < 4.78 is 0. The van der Waals surface area contributed by atoms with E-state index >= 15 is 0 Å². The number of hydrogen-bond donors (Lipinski definition) is 0. The van der Waals surface area contributed by atoms with E-state index < -0.39 is 0 Å². The predicted molar refractivity (Wildman–Crippen MR) is 66.3 cm³/mol. The van der Waals surface area contributed by atoms with Crippen LogP contribution >= 0.6 is 0 Å². The van der Waals surface area contributed by atoms with Crippen LogP contribution < -0.4 is 0 Å². The topological polar surface area (TPSA) is 64.5 Å². The van der Waals surface area contributed by atoms with Crippen LogP contribution in [0.2, 0.25) is 0 Å². The molecule has 0 aliphatic heterocycles. The molecule has 3 aromatic heterocycles. The Labute approximate surface area is 104 Å². The van der Waals surface area contributed by atoms with Crippen molar-refractivity contribution in [2.24, 2.45) is 0 Å². The Morgan fingerprint density at radius 1 is 0.667 bits per heavy atom. The molecule has 3 rings (SSSR count). The van der Waals surface area contributed by atoms with Gasteiger partial charge >= 0.3 is 0 Å². The van der Waals surface area contributed by atoms with Gasteiger partial charge in [0, 0.05) is 24.8 Å². The van der Waals surface area contributed by atoms with Crippen molar-refractivity contribution in [3.05, 3.63) is 55.2 Å². The summed E-state index contributed by atoms with van der Waals surface area (Å²) in [6, 6.07) is 7.52. The molecule has 0 spiro atoms. The Balaban J connectivity index is 2.05. The Morgan fingerprint density at radius 3 is 2.39 bits per heavy atom. The van der Waals surface area contributed by atoms with Crippen molar-refractivity contribution < 1.29 is 0 Å². The summed E-state index contributed by atoms with van der Waals surface area (Å²) in [5.74, 6) is 0.547. The second-order valence-electron chi connectivity index (χ2n) is 3.57. The molecule has 5 nitrogen and oxygen atoms in total. The number of hydrogen-bond acceptors (Lipinski definition) is 5. The highest BCUT2D eigenvalue weighted by atomic mass is 14.9. The van der Waals surface area contributed by atoms with E-state index in [2.05, 4.69) is 24.9 Å². The molecule has 0 radical (unpaired) electrons. The lowest BCUT2D eigenvalue weighted by molar-refractivity contribution is 1.11. The Morgan fingerprint density at radius 2 is 1.61 bits per heavy atom. The molecular formula is C13H9N5. The predicted octanol–water partition coefficient (Wildman–Crippen LogP) is 2.00. The van der Waals surface area contributed by atoms with Gasteiger partial charge in [-0.1, -0.05) is 6.07 Å². The molecule has 18 heavy (non-hydrogen) atoms. The van der Waals surface area contributed by atoms with Gasteiger partial charge in [-0.25, -0.2) is 15.0 Å². The monoisotopic (exact) mass is 235 g/mol. The lowest BCUT2D eigenvalue weighted by atomic mass is 10.2. The third-order valence-electron chi connectivity index (χ3n) is 2.38. The van der Waals surface area contributed by atoms with Gasteiger partial charge in [0.1, 0.15) is 5.69 Å². The quantitative estimate of drug-likeness (QED) is 0.679. The fourth-order valence-corrected chi connectivity index (χ4v) is 1.55. The van der Waals surface area contributed by atoms with E-state index in [0.717, 1.165) is 11.4 Å². The summed E-state index contributed by atoms with van der Waals surface area (Å²) in [5.41, 5.74) is 2.23. The first-order valence-electron chi connectivity index (χ1n) is 5.44. The maximum absolute atomic E-state index is 4.44. The molecule has 0 amide bonds. The van der Waals surface area contributed by atoms with Crippen molar-refractivity contribution in [2.45, 2.75) is 0 Å². The highest BCUT2D eigenvalue weighted by Gasteiger charge is 2.05. The van der Waals surface area contributed by atoms with Gasteiger partial charge in [0.25, 0.3) is 0 Å². The minimum Gasteiger partial charge on any atom is -0.261 e. The first-order chi connectivity index (χ1) is 8.93. The van der Waals surface area contributed by atoms with Gasteiger partial charge in [0.05, 0.1) is 17.6 Å². The van der Waals surface area contributed by atoms with E-state index in [1.807, 2.05) is 24.3 Å². The van der Waals surface area contributed by atoms with E-state index in [0.29, 0.717) is 11.5 Å². The molecule has 0 N–H and O–H groups in total. The van der Waals surface area contributed by atoms with E-state index in [9.17, 15) is 0 Å². The van der Waals surface area contributed by atoms with Crippen LogP contribution in [0.1, 0.15) is 0 Å². The van der Waals surface area contributed by atoms with Crippen LogP contribution in [0.15, 0.2) is 55.2 Å². The molecule has 0 atom stereocenters. The zero-order chi connectivity index (χ0) is 12.2. The lowest BCUT2D eigenvalue weighted by Gasteiger charge is -2.02. The fraction of sp³-hybridized carbons (Fsp3) is 0. The van der Waals surface area contributed by atoms with Gasteiger partial charge in [-0.05, 0) is 18.2 Å². The summed E-state index contributed by atoms with van der Waals surface area (Å²) in [6.45, 7) is 0. The van der Waals surface area contributed by atoms with Crippen LogP contribution in [0.3, 0.4) is 0 Å². The van der Waals surface area contributed by atoms with E-state index in [-0.39, 0.29) is 0 Å². The van der Waals surface area contributed by atoms with Crippen LogP contribution in [-0.2, 0) is 0 Å². The highest BCUT2D eigenvalue weighted by Crippen LogP contribution is 2.16. The minimum absolute atomic E-state index is 0.547. The van der Waals surface area contributed by atoms with Gasteiger partial charge in [-0.15, -0.1) is 0 Å². The van der Waals surface area contributed by atoms with Crippen LogP contribution in [0, 0.1) is 0 Å². The molecule has 0 aliphatic carbocycles. The summed E-state index contributed by atoms with van der Waals surface area (Å²) in [5, 5.41) is 0. The maximum Gasteiger partial charge on any atom is 0.180 e. The average Bonchev–Trinajstić information content (AvgIpc) is 2.49. The third kappa shape index (κ3) is 2.06. The molecule has 3 aromatic rings. The van der Waals surface area contributed by atoms with Crippen molar-refractivity contribution in [3.63, 3.8) is 0 Å². The van der Waals surface area contributed by atoms with Crippen LogP contribution in [0.5, 0.6) is 0 Å². The number of pyridine rings is 1. The molecule has 0 saturated heterocycles. The van der Waals surface area contributed by atoms with Crippen molar-refractivity contribution in [1.29, 1.82) is 0 Å². The zero-order valence-corrected chi connectivity index (χ0v) is 9.43. The third-order valence-corrected chi connectivity index (χ3v) is 2.38. The number of nitrogens with zero attached hydrogens (tertiary/aromatic N) is 5. The van der Waals surface area contributed by atoms with Crippen LogP contribution in [-0.4, -0.2) is 24.9 Å². The van der Waals surface area contributed by atoms with Gasteiger partial charge in [-0.3, -0.25) is 9.97 Å². The molecule has 0 bridgehead atoms. The lowest BCUT2D eigenvalue weighted by Crippen LogP contribution is -1.94. The Bertz CT molecular complexity index is 585. The van der Waals surface area contributed by atoms with E-state index in [4.69, 9.17) is 0 Å². The van der Waals surface area contributed by atoms with Gasteiger partial charge < -0.3 is 0 Å². The minimum atomic E-state index is 0.547. The molecule has 0 aliphatic rings. The molecule has 0 aromatic carbocycles. The average molecular weight is 235 g/mol. The molecule has 3 heterocycles. The molecule has 86 valence electrons. The summed E-state index contributed by atoms with van der Waals surface area (Å²) in [7, 11) is 0. The molecular weight excluding hydrogens is 226 g/mol. The summed E-state index contributed by atoms with van der Waals surface area (Å²) in [4.78, 5) is 21.1. The molecule has 5 heteroatoms. The normalized spacial score (nSPS) is 10.2. The standard InChI is InChI=1S/C13H9N5/c1-2-5-15-10(3-1)11-4-6-17-13(18-11)12-9-14-7-8-16-12/h1-9H. The first-order valence-corrected chi connectivity index (χ1v) is 5.44. The number of rotatable bonds is 2. The molecule has 0 fully saturated rings. The first kappa shape index (κ1) is 10.5. The van der Waals surface area contributed by atoms with Crippen molar-refractivity contribution in [1.82, 2.24) is 24.9 Å². The SMILES string of the molecule is c1ccc(-c2ccnc(-c3cnccn3)n2)nc1. The van der Waals surface area contributed by atoms with E-state index in [1.54, 1.807) is 31.0 Å². The van der Waals surface area contributed by atoms with Gasteiger partial charge in [0.2, 0.25) is 0 Å². The second-order valence-corrected chi connectivity index (χ2v) is 3.57. The highest BCUT2D eigenvalue weighted by molar-refractivity contribution is 5.57. The van der Waals surface area contributed by atoms with Crippen molar-refractivity contribution in [3.8, 4) is 22.9 Å². The Hall–Kier alpha value is -2.69. The fourth-order valence-electron chi connectivity index (χ4n) is 1.55. The number of aromatic nitrogens is 5.